The van der Waals surface area contributed by atoms with E-state index in [0.717, 1.165) is 5.56 Å². The molecule has 0 spiro atoms. The average Bonchev–Trinajstić information content (AvgIpc) is 3.17. The summed E-state index contributed by atoms with van der Waals surface area (Å²) in [6.07, 6.45) is 3.07. The minimum Gasteiger partial charge on any atom is -0.392 e. The van der Waals surface area contributed by atoms with Crippen molar-refractivity contribution in [2.24, 2.45) is 0 Å². The Hall–Kier alpha value is -4.24. The zero-order valence-electron chi connectivity index (χ0n) is 17.3. The second kappa shape index (κ2) is 8.86. The summed E-state index contributed by atoms with van der Waals surface area (Å²) in [6, 6.07) is 15.9. The van der Waals surface area contributed by atoms with Crippen molar-refractivity contribution >= 4 is 28.7 Å². The number of fused-ring (bicyclic) bond motifs is 1. The maximum Gasteiger partial charge on any atom is 0.277 e. The first-order chi connectivity index (χ1) is 15.5. The highest BCUT2D eigenvalue weighted by molar-refractivity contribution is 5.92. The Morgan fingerprint density at radius 3 is 2.25 bits per heavy atom. The van der Waals surface area contributed by atoms with Crippen molar-refractivity contribution in [3.63, 3.8) is 0 Å². The van der Waals surface area contributed by atoms with E-state index in [2.05, 4.69) is 15.7 Å². The van der Waals surface area contributed by atoms with Gasteiger partial charge in [0.25, 0.3) is 5.56 Å². The number of hydrogen-bond donors (Lipinski definition) is 3. The Kier molecular flexibility index (Phi) is 5.82. The van der Waals surface area contributed by atoms with Gasteiger partial charge in [0, 0.05) is 41.8 Å². The molecule has 0 fully saturated rings. The highest BCUT2D eigenvalue weighted by Crippen LogP contribution is 2.24. The van der Waals surface area contributed by atoms with Crippen LogP contribution in [0.1, 0.15) is 12.5 Å². The minimum absolute atomic E-state index is 0.186. The number of aromatic nitrogens is 3. The molecule has 0 aliphatic heterocycles. The van der Waals surface area contributed by atoms with Crippen LogP contribution in [0, 0.1) is 0 Å². The zero-order valence-corrected chi connectivity index (χ0v) is 17.3. The van der Waals surface area contributed by atoms with Crippen LogP contribution in [-0.4, -0.2) is 31.1 Å². The number of amides is 2. The van der Waals surface area contributed by atoms with Gasteiger partial charge in [-0.1, -0.05) is 30.3 Å². The maximum absolute atomic E-state index is 13.1. The number of aliphatic hydroxyl groups excluding tert-OH is 1. The lowest BCUT2D eigenvalue weighted by molar-refractivity contribution is -0.117. The number of carbonyl (C=O) groups excluding carboxylic acids is 2. The molecule has 0 radical (unpaired) electrons. The Bertz CT molecular complexity index is 1340. The highest BCUT2D eigenvalue weighted by Gasteiger charge is 2.18. The van der Waals surface area contributed by atoms with E-state index in [1.807, 2.05) is 30.3 Å². The normalized spacial score (nSPS) is 10.8. The van der Waals surface area contributed by atoms with Gasteiger partial charge in [-0.25, -0.2) is 4.52 Å². The van der Waals surface area contributed by atoms with E-state index in [4.69, 9.17) is 0 Å². The van der Waals surface area contributed by atoms with E-state index < -0.39 is 11.5 Å². The Morgan fingerprint density at radius 2 is 1.62 bits per heavy atom. The van der Waals surface area contributed by atoms with Gasteiger partial charge in [-0.05, 0) is 24.3 Å². The third kappa shape index (κ3) is 4.28. The second-order valence-corrected chi connectivity index (χ2v) is 7.18. The molecule has 0 aliphatic carbocycles. The molecule has 4 aromatic rings. The summed E-state index contributed by atoms with van der Waals surface area (Å²) in [6.45, 7) is 0.842. The highest BCUT2D eigenvalue weighted by atomic mass is 16.3. The van der Waals surface area contributed by atoms with Gasteiger partial charge in [-0.3, -0.25) is 14.4 Å². The lowest BCUT2D eigenvalue weighted by atomic mass is 10.1. The molecule has 3 N–H and O–H groups in total. The molecule has 4 rings (SSSR count). The average molecular weight is 431 g/mol. The molecule has 0 saturated carbocycles. The zero-order chi connectivity index (χ0) is 22.7. The molecule has 0 aliphatic rings. The fourth-order valence-electron chi connectivity index (χ4n) is 3.45. The third-order valence-electron chi connectivity index (χ3n) is 4.87. The molecule has 2 aromatic heterocycles. The number of carbonyl (C=O) groups is 2. The largest absolute Gasteiger partial charge is 0.392 e. The molecule has 0 saturated heterocycles. The number of nitrogens with one attached hydrogen (secondary N) is 2. The van der Waals surface area contributed by atoms with Crippen molar-refractivity contribution in [3.05, 3.63) is 82.9 Å². The van der Waals surface area contributed by atoms with Crippen LogP contribution in [-0.2, 0) is 22.7 Å². The lowest BCUT2D eigenvalue weighted by Crippen LogP contribution is -2.28. The Balaban J connectivity index is 1.58. The van der Waals surface area contributed by atoms with Gasteiger partial charge in [0.15, 0.2) is 0 Å². The van der Waals surface area contributed by atoms with Crippen molar-refractivity contribution in [2.45, 2.75) is 20.1 Å². The van der Waals surface area contributed by atoms with Crippen molar-refractivity contribution in [3.8, 4) is 11.3 Å². The van der Waals surface area contributed by atoms with E-state index in [1.54, 1.807) is 30.5 Å². The Labute approximate surface area is 182 Å². The molecule has 0 unspecified atom stereocenters. The second-order valence-electron chi connectivity index (χ2n) is 7.18. The fourth-order valence-corrected chi connectivity index (χ4v) is 3.45. The molecule has 9 nitrogen and oxygen atoms in total. The monoisotopic (exact) mass is 431 g/mol. The summed E-state index contributed by atoms with van der Waals surface area (Å²) < 4.78 is 2.69. The van der Waals surface area contributed by atoms with Gasteiger partial charge in [0.2, 0.25) is 11.8 Å². The molecule has 0 bridgehead atoms. The minimum atomic E-state index is -0.428. The van der Waals surface area contributed by atoms with Crippen LogP contribution in [0.15, 0.2) is 71.8 Å². The van der Waals surface area contributed by atoms with Gasteiger partial charge in [-0.2, -0.15) is 5.10 Å². The van der Waals surface area contributed by atoms with Crippen LogP contribution >= 0.6 is 0 Å². The molecular weight excluding hydrogens is 410 g/mol. The van der Waals surface area contributed by atoms with Crippen LogP contribution in [0.3, 0.4) is 0 Å². The van der Waals surface area contributed by atoms with Gasteiger partial charge in [0.05, 0.1) is 12.3 Å². The van der Waals surface area contributed by atoms with Gasteiger partial charge in [-0.15, -0.1) is 0 Å². The number of aliphatic hydroxyl groups is 1. The molecule has 2 amide bonds. The van der Waals surface area contributed by atoms with Crippen LogP contribution in [0.25, 0.3) is 16.8 Å². The van der Waals surface area contributed by atoms with Gasteiger partial charge >= 0.3 is 0 Å². The van der Waals surface area contributed by atoms with Gasteiger partial charge < -0.3 is 20.3 Å². The first kappa shape index (κ1) is 21.0. The van der Waals surface area contributed by atoms with Crippen LogP contribution in [0.4, 0.5) is 11.4 Å². The number of hydrogen-bond acceptors (Lipinski definition) is 5. The third-order valence-corrected chi connectivity index (χ3v) is 4.87. The van der Waals surface area contributed by atoms with Crippen LogP contribution < -0.4 is 16.2 Å². The predicted molar refractivity (Wildman–Crippen MR) is 120 cm³/mol. The van der Waals surface area contributed by atoms with Crippen molar-refractivity contribution in [1.82, 2.24) is 14.2 Å². The van der Waals surface area contributed by atoms with Crippen LogP contribution in [0.5, 0.6) is 0 Å². The van der Waals surface area contributed by atoms with Crippen molar-refractivity contribution in [1.29, 1.82) is 0 Å². The number of nitrogens with zero attached hydrogens (tertiary/aromatic N) is 3. The van der Waals surface area contributed by atoms with E-state index in [9.17, 15) is 19.5 Å². The lowest BCUT2D eigenvalue weighted by Gasteiger charge is -2.09. The summed E-state index contributed by atoms with van der Waals surface area (Å²) in [7, 11) is 0. The summed E-state index contributed by atoms with van der Waals surface area (Å²) in [5.74, 6) is -0.578. The summed E-state index contributed by atoms with van der Waals surface area (Å²) in [4.78, 5) is 36.7. The van der Waals surface area contributed by atoms with E-state index in [-0.39, 0.29) is 24.6 Å². The standard InChI is InChI=1S/C23H21N5O4/c1-15(30)24-17-7-9-18(10-8-17)25-20(31)13-27-11-12-28-22(23(27)32)19(14-29)21(26-28)16-5-3-2-4-6-16/h2-12,29H,13-14H2,1H3,(H,24,30)(H,25,31). The van der Waals surface area contributed by atoms with Crippen molar-refractivity contribution < 1.29 is 14.7 Å². The number of benzene rings is 2. The number of rotatable bonds is 6. The molecule has 2 aromatic carbocycles. The quantitative estimate of drug-likeness (QED) is 0.433. The maximum atomic E-state index is 13.1. The predicted octanol–water partition coefficient (Wildman–Crippen LogP) is 2.25. The first-order valence-electron chi connectivity index (χ1n) is 9.90. The van der Waals surface area contributed by atoms with E-state index in [1.165, 1.54) is 22.2 Å². The molecule has 0 atom stereocenters. The van der Waals surface area contributed by atoms with Crippen molar-refractivity contribution in [2.75, 3.05) is 10.6 Å². The molecule has 32 heavy (non-hydrogen) atoms. The topological polar surface area (TPSA) is 118 Å². The summed E-state index contributed by atoms with van der Waals surface area (Å²) in [5.41, 5.74) is 2.65. The molecule has 162 valence electrons. The van der Waals surface area contributed by atoms with Crippen LogP contribution in [0.2, 0.25) is 0 Å². The summed E-state index contributed by atoms with van der Waals surface area (Å²) >= 11 is 0. The Morgan fingerprint density at radius 1 is 0.969 bits per heavy atom. The van der Waals surface area contributed by atoms with E-state index >= 15 is 0 Å². The molecule has 2 heterocycles. The number of anilines is 2. The fraction of sp³-hybridized carbons (Fsp3) is 0.130. The first-order valence-corrected chi connectivity index (χ1v) is 9.90. The summed E-state index contributed by atoms with van der Waals surface area (Å²) in [5, 5.41) is 19.7. The molecule has 9 heteroatoms. The SMILES string of the molecule is CC(=O)Nc1ccc(NC(=O)Cn2ccn3nc(-c4ccccc4)c(CO)c3c2=O)cc1. The molecular formula is C23H21N5O4. The smallest absolute Gasteiger partial charge is 0.277 e. The van der Waals surface area contributed by atoms with E-state index in [0.29, 0.717) is 22.6 Å². The van der Waals surface area contributed by atoms with Gasteiger partial charge in [0.1, 0.15) is 12.1 Å².